The van der Waals surface area contributed by atoms with Gasteiger partial charge in [0.15, 0.2) is 10.4 Å². The van der Waals surface area contributed by atoms with Crippen molar-refractivity contribution >= 4 is 27.8 Å². The van der Waals surface area contributed by atoms with E-state index in [2.05, 4.69) is 31.3 Å². The monoisotopic (exact) mass is 298 g/mol. The summed E-state index contributed by atoms with van der Waals surface area (Å²) in [5.41, 5.74) is 0.758. The first-order chi connectivity index (χ1) is 7.97. The van der Waals surface area contributed by atoms with E-state index in [1.807, 2.05) is 0 Å². The summed E-state index contributed by atoms with van der Waals surface area (Å²) in [6.45, 7) is 3.55. The van der Waals surface area contributed by atoms with Gasteiger partial charge in [-0.05, 0) is 35.8 Å². The van der Waals surface area contributed by atoms with Crippen molar-refractivity contribution in [1.29, 1.82) is 0 Å². The van der Waals surface area contributed by atoms with Crippen LogP contribution in [0.1, 0.15) is 21.9 Å². The summed E-state index contributed by atoms with van der Waals surface area (Å²) in [6, 6.07) is 1.73. The number of carbonyl (C=O) groups is 1. The van der Waals surface area contributed by atoms with Crippen LogP contribution in [0.5, 0.6) is 0 Å². The van der Waals surface area contributed by atoms with Gasteiger partial charge in [0, 0.05) is 12.6 Å². The predicted octanol–water partition coefficient (Wildman–Crippen LogP) is 2.04. The molecule has 90 valence electrons. The third-order valence-electron chi connectivity index (χ3n) is 2.19. The van der Waals surface area contributed by atoms with Crippen molar-refractivity contribution in [3.63, 3.8) is 0 Å². The molecule has 2 rings (SSSR count). The van der Waals surface area contributed by atoms with E-state index in [0.29, 0.717) is 16.4 Å². The highest BCUT2D eigenvalue weighted by Crippen LogP contribution is 2.20. The minimum Gasteiger partial charge on any atom is -0.444 e. The van der Waals surface area contributed by atoms with E-state index in [-0.39, 0.29) is 11.7 Å². The lowest BCUT2D eigenvalue weighted by Gasteiger charge is -2.01. The second-order valence-corrected chi connectivity index (χ2v) is 4.40. The zero-order chi connectivity index (χ0) is 12.6. The number of furan rings is 1. The van der Waals surface area contributed by atoms with Crippen molar-refractivity contribution in [1.82, 2.24) is 14.8 Å². The van der Waals surface area contributed by atoms with Gasteiger partial charge in [-0.3, -0.25) is 10.1 Å². The molecule has 0 spiro atoms. The number of nitrogens with zero attached hydrogens (tertiary/aromatic N) is 3. The quantitative estimate of drug-likeness (QED) is 0.921. The number of hydrogen-bond acceptors (Lipinski definition) is 4. The van der Waals surface area contributed by atoms with E-state index >= 15 is 0 Å². The molecule has 0 aromatic carbocycles. The summed E-state index contributed by atoms with van der Waals surface area (Å²) in [7, 11) is 1.71. The molecule has 0 saturated carbocycles. The maximum Gasteiger partial charge on any atom is 0.294 e. The minimum absolute atomic E-state index is 0.262. The van der Waals surface area contributed by atoms with Crippen LogP contribution in [0, 0.1) is 13.8 Å². The fraction of sp³-hybridized carbons (Fsp3) is 0.300. The number of hydrogen-bond donors (Lipinski definition) is 1. The Labute approximate surface area is 106 Å². The van der Waals surface area contributed by atoms with Gasteiger partial charge in [-0.1, -0.05) is 0 Å². The highest BCUT2D eigenvalue weighted by atomic mass is 79.9. The third kappa shape index (κ3) is 2.38. The third-order valence-corrected chi connectivity index (χ3v) is 2.58. The number of nitrogens with one attached hydrogen (secondary N) is 1. The van der Waals surface area contributed by atoms with E-state index in [4.69, 9.17) is 4.42 Å². The second-order valence-electron chi connectivity index (χ2n) is 3.62. The highest BCUT2D eigenvalue weighted by Gasteiger charge is 2.17. The molecule has 7 heteroatoms. The number of aromatic nitrogens is 3. The zero-order valence-corrected chi connectivity index (χ0v) is 11.2. The number of anilines is 1. The lowest BCUT2D eigenvalue weighted by Crippen LogP contribution is -2.15. The molecule has 2 aromatic heterocycles. The molecule has 0 bridgehead atoms. The van der Waals surface area contributed by atoms with Crippen molar-refractivity contribution < 1.29 is 9.21 Å². The lowest BCUT2D eigenvalue weighted by atomic mass is 10.3. The van der Waals surface area contributed by atoms with Crippen LogP contribution in [0.15, 0.2) is 15.2 Å². The molecule has 0 unspecified atom stereocenters. The lowest BCUT2D eigenvalue weighted by molar-refractivity contribution is 0.0993. The van der Waals surface area contributed by atoms with Gasteiger partial charge in [0.05, 0.1) is 0 Å². The second kappa shape index (κ2) is 4.33. The molecule has 0 radical (unpaired) electrons. The van der Waals surface area contributed by atoms with Crippen LogP contribution in [-0.2, 0) is 7.05 Å². The maximum absolute atomic E-state index is 11.9. The van der Waals surface area contributed by atoms with E-state index < -0.39 is 0 Å². The fourth-order valence-corrected chi connectivity index (χ4v) is 1.95. The van der Waals surface area contributed by atoms with E-state index in [0.717, 1.165) is 5.56 Å². The minimum atomic E-state index is -0.344. The number of rotatable bonds is 2. The van der Waals surface area contributed by atoms with Gasteiger partial charge in [-0.25, -0.2) is 4.68 Å². The van der Waals surface area contributed by atoms with Gasteiger partial charge in [-0.2, -0.15) is 10.1 Å². The first kappa shape index (κ1) is 11.8. The van der Waals surface area contributed by atoms with Gasteiger partial charge in [0.1, 0.15) is 5.82 Å². The van der Waals surface area contributed by atoms with Crippen molar-refractivity contribution in [3.8, 4) is 0 Å². The Bertz CT molecular complexity index is 573. The summed E-state index contributed by atoms with van der Waals surface area (Å²) in [4.78, 5) is 16.0. The van der Waals surface area contributed by atoms with Crippen LogP contribution < -0.4 is 5.32 Å². The Morgan fingerprint density at radius 2 is 2.24 bits per heavy atom. The standard InChI is InChI=1S/C10H11BrN4O2/c1-5-4-7(11)17-8(5)9(16)13-10-12-6(2)14-15(10)3/h4H,1-3H3,(H,12,13,14,16). The first-order valence-electron chi connectivity index (χ1n) is 4.92. The first-order valence-corrected chi connectivity index (χ1v) is 5.71. The molecule has 2 heterocycles. The Hall–Kier alpha value is -1.63. The average Bonchev–Trinajstić information content (AvgIpc) is 2.70. The highest BCUT2D eigenvalue weighted by molar-refractivity contribution is 9.10. The van der Waals surface area contributed by atoms with Gasteiger partial charge in [0.2, 0.25) is 5.95 Å². The molecule has 1 N–H and O–H groups in total. The average molecular weight is 299 g/mol. The van der Waals surface area contributed by atoms with E-state index in [9.17, 15) is 4.79 Å². The van der Waals surface area contributed by atoms with E-state index in [1.54, 1.807) is 27.0 Å². The zero-order valence-electron chi connectivity index (χ0n) is 9.61. The maximum atomic E-state index is 11.9. The number of carbonyl (C=O) groups excluding carboxylic acids is 1. The van der Waals surface area contributed by atoms with Crippen molar-refractivity contribution in [2.75, 3.05) is 5.32 Å². The number of halogens is 1. The van der Waals surface area contributed by atoms with Gasteiger partial charge < -0.3 is 4.42 Å². The smallest absolute Gasteiger partial charge is 0.294 e. The van der Waals surface area contributed by atoms with Gasteiger partial charge in [-0.15, -0.1) is 0 Å². The van der Waals surface area contributed by atoms with Crippen LogP contribution in [-0.4, -0.2) is 20.7 Å². The number of aryl methyl sites for hydroxylation is 3. The summed E-state index contributed by atoms with van der Waals surface area (Å²) in [5, 5.41) is 6.67. The Morgan fingerprint density at radius 1 is 1.53 bits per heavy atom. The Balaban J connectivity index is 2.22. The molecule has 0 fully saturated rings. The van der Waals surface area contributed by atoms with Crippen LogP contribution >= 0.6 is 15.9 Å². The molecular formula is C10H11BrN4O2. The molecule has 0 aliphatic rings. The summed E-state index contributed by atoms with van der Waals surface area (Å²) in [6.07, 6.45) is 0. The van der Waals surface area contributed by atoms with Crippen LogP contribution in [0.25, 0.3) is 0 Å². The van der Waals surface area contributed by atoms with E-state index in [1.165, 1.54) is 4.68 Å². The Morgan fingerprint density at radius 3 is 2.71 bits per heavy atom. The van der Waals surface area contributed by atoms with Gasteiger partial charge >= 0.3 is 0 Å². The molecule has 0 aliphatic carbocycles. The Kier molecular flexibility index (Phi) is 3.01. The number of amides is 1. The molecule has 1 amide bonds. The fourth-order valence-electron chi connectivity index (χ4n) is 1.45. The molecule has 2 aromatic rings. The van der Waals surface area contributed by atoms with Crippen LogP contribution in [0.3, 0.4) is 0 Å². The van der Waals surface area contributed by atoms with Gasteiger partial charge in [0.25, 0.3) is 5.91 Å². The largest absolute Gasteiger partial charge is 0.444 e. The molecule has 0 atom stereocenters. The molecule has 0 aliphatic heterocycles. The summed E-state index contributed by atoms with van der Waals surface area (Å²) in [5.74, 6) is 0.904. The normalized spacial score (nSPS) is 10.6. The van der Waals surface area contributed by atoms with Crippen LogP contribution in [0.4, 0.5) is 5.95 Å². The molecule has 0 saturated heterocycles. The SMILES string of the molecule is Cc1nc(NC(=O)c2oc(Br)cc2C)n(C)n1. The topological polar surface area (TPSA) is 73.0 Å². The van der Waals surface area contributed by atoms with Crippen molar-refractivity contribution in [3.05, 3.63) is 27.9 Å². The molecule has 17 heavy (non-hydrogen) atoms. The predicted molar refractivity (Wildman–Crippen MR) is 64.8 cm³/mol. The van der Waals surface area contributed by atoms with Crippen molar-refractivity contribution in [2.24, 2.45) is 7.05 Å². The summed E-state index contributed by atoms with van der Waals surface area (Å²) >= 11 is 3.18. The van der Waals surface area contributed by atoms with Crippen molar-refractivity contribution in [2.45, 2.75) is 13.8 Å². The molecule has 6 nitrogen and oxygen atoms in total. The summed E-state index contributed by atoms with van der Waals surface area (Å²) < 4.78 is 7.27. The molecular weight excluding hydrogens is 288 g/mol. The van der Waals surface area contributed by atoms with Crippen LogP contribution in [0.2, 0.25) is 0 Å².